The molecule has 0 aromatic carbocycles. The first kappa shape index (κ1) is 53.3. The number of nitrogens with one attached hydrogen (secondary N) is 2. The van der Waals surface area contributed by atoms with Gasteiger partial charge in [-0.1, -0.05) is 182 Å². The molecule has 8 heteroatoms. The SMILES string of the molecule is CCCCCCCCCCC(CCCCCCCC)COC(=O)CCCCNC(=O)C1(N(CCCNC)C(=O)C(CCCCCC)CCCCCCCC)COC1. The van der Waals surface area contributed by atoms with Gasteiger partial charge in [0.25, 0.3) is 5.91 Å². The Morgan fingerprint density at radius 3 is 1.49 bits per heavy atom. The molecular formula is C49H95N3O5. The largest absolute Gasteiger partial charge is 0.465 e. The number of unbranched alkanes of at least 4 members (excludes halogenated alkanes) is 21. The van der Waals surface area contributed by atoms with Gasteiger partial charge in [-0.15, -0.1) is 0 Å². The third kappa shape index (κ3) is 25.5. The zero-order valence-electron chi connectivity index (χ0n) is 38.5. The summed E-state index contributed by atoms with van der Waals surface area (Å²) in [6, 6.07) is 0. The highest BCUT2D eigenvalue weighted by atomic mass is 16.5. The Morgan fingerprint density at radius 1 is 0.579 bits per heavy atom. The van der Waals surface area contributed by atoms with Crippen LogP contribution < -0.4 is 10.6 Å². The molecule has 0 aromatic rings. The van der Waals surface area contributed by atoms with Crippen LogP contribution in [0.15, 0.2) is 0 Å². The van der Waals surface area contributed by atoms with E-state index in [0.29, 0.717) is 44.9 Å². The Bertz CT molecular complexity index is 957. The lowest BCUT2D eigenvalue weighted by Gasteiger charge is -2.49. The number of carbonyl (C=O) groups excluding carboxylic acids is 3. The normalized spacial score (nSPS) is 14.5. The maximum absolute atomic E-state index is 14.4. The maximum Gasteiger partial charge on any atom is 0.305 e. The van der Waals surface area contributed by atoms with Crippen molar-refractivity contribution in [1.29, 1.82) is 0 Å². The first-order chi connectivity index (χ1) is 27.9. The van der Waals surface area contributed by atoms with Gasteiger partial charge in [0.05, 0.1) is 19.8 Å². The van der Waals surface area contributed by atoms with Gasteiger partial charge in [-0.3, -0.25) is 14.4 Å². The number of nitrogens with zero attached hydrogens (tertiary/aromatic N) is 1. The molecule has 0 radical (unpaired) electrons. The van der Waals surface area contributed by atoms with Gasteiger partial charge in [0.2, 0.25) is 5.91 Å². The summed E-state index contributed by atoms with van der Waals surface area (Å²) in [5, 5.41) is 6.37. The molecule has 0 aromatic heterocycles. The number of amides is 2. The highest BCUT2D eigenvalue weighted by molar-refractivity contribution is 5.93. The van der Waals surface area contributed by atoms with E-state index < -0.39 is 5.54 Å². The van der Waals surface area contributed by atoms with E-state index in [2.05, 4.69) is 38.3 Å². The van der Waals surface area contributed by atoms with Gasteiger partial charge in [-0.2, -0.15) is 0 Å². The molecule has 1 heterocycles. The summed E-state index contributed by atoms with van der Waals surface area (Å²) in [5.74, 6) is 0.308. The van der Waals surface area contributed by atoms with Crippen LogP contribution in [-0.4, -0.2) is 74.7 Å². The molecule has 0 saturated carbocycles. The molecule has 2 unspecified atom stereocenters. The van der Waals surface area contributed by atoms with Crippen LogP contribution in [0, 0.1) is 11.8 Å². The molecule has 1 fully saturated rings. The second-order valence-electron chi connectivity index (χ2n) is 17.7. The van der Waals surface area contributed by atoms with Gasteiger partial charge in [-0.05, 0) is 64.5 Å². The highest BCUT2D eigenvalue weighted by Gasteiger charge is 2.53. The molecule has 0 bridgehead atoms. The number of ether oxygens (including phenoxy) is 2. The molecule has 0 aliphatic carbocycles. The minimum absolute atomic E-state index is 0.0513. The van der Waals surface area contributed by atoms with Crippen molar-refractivity contribution in [3.8, 4) is 0 Å². The van der Waals surface area contributed by atoms with Gasteiger partial charge in [0, 0.05) is 25.4 Å². The maximum atomic E-state index is 14.4. The fraction of sp³-hybridized carbons (Fsp3) is 0.939. The minimum Gasteiger partial charge on any atom is -0.465 e. The van der Waals surface area contributed by atoms with E-state index in [1.165, 1.54) is 135 Å². The summed E-state index contributed by atoms with van der Waals surface area (Å²) in [5.41, 5.74) is -0.952. The molecule has 2 N–H and O–H groups in total. The smallest absolute Gasteiger partial charge is 0.305 e. The molecule has 1 aliphatic heterocycles. The number of hydrogen-bond acceptors (Lipinski definition) is 6. The second kappa shape index (κ2) is 37.3. The predicted molar refractivity (Wildman–Crippen MR) is 241 cm³/mol. The minimum atomic E-state index is -0.952. The molecule has 57 heavy (non-hydrogen) atoms. The second-order valence-corrected chi connectivity index (χ2v) is 17.7. The van der Waals surface area contributed by atoms with E-state index >= 15 is 0 Å². The molecule has 2 atom stereocenters. The molecule has 1 rings (SSSR count). The van der Waals surface area contributed by atoms with Crippen LogP contribution in [0.25, 0.3) is 0 Å². The van der Waals surface area contributed by atoms with Crippen molar-refractivity contribution in [2.45, 2.75) is 239 Å². The van der Waals surface area contributed by atoms with Crippen molar-refractivity contribution in [2.24, 2.45) is 11.8 Å². The fourth-order valence-corrected chi connectivity index (χ4v) is 8.39. The van der Waals surface area contributed by atoms with Gasteiger partial charge in [0.1, 0.15) is 0 Å². The van der Waals surface area contributed by atoms with Crippen molar-refractivity contribution in [1.82, 2.24) is 15.5 Å². The van der Waals surface area contributed by atoms with Crippen molar-refractivity contribution >= 4 is 17.8 Å². The van der Waals surface area contributed by atoms with Crippen LogP contribution >= 0.6 is 0 Å². The van der Waals surface area contributed by atoms with Gasteiger partial charge >= 0.3 is 5.97 Å². The molecule has 2 amide bonds. The average Bonchev–Trinajstić information content (AvgIpc) is 3.19. The summed E-state index contributed by atoms with van der Waals surface area (Å²) in [6.07, 6.45) is 36.8. The van der Waals surface area contributed by atoms with E-state index in [9.17, 15) is 14.4 Å². The standard InChI is InChI=1S/C49H95N3O5/c1-6-10-14-18-21-22-24-27-34-44(33-26-23-19-15-11-7-2)41-57-46(53)37-30-31-39-51-48(55)49(42-56-43-49)52(40-32-38-50-5)47(54)45(35-28-17-13-9-4)36-29-25-20-16-12-8-3/h44-45,50H,6-43H2,1-5H3,(H,51,55). The number of esters is 1. The molecule has 1 saturated heterocycles. The van der Waals surface area contributed by atoms with Crippen molar-refractivity contribution in [2.75, 3.05) is 46.5 Å². The average molecular weight is 806 g/mol. The lowest BCUT2D eigenvalue weighted by atomic mass is 9.87. The first-order valence-corrected chi connectivity index (χ1v) is 24.9. The summed E-state index contributed by atoms with van der Waals surface area (Å²) < 4.78 is 11.6. The third-order valence-corrected chi connectivity index (χ3v) is 12.4. The predicted octanol–water partition coefficient (Wildman–Crippen LogP) is 12.3. The van der Waals surface area contributed by atoms with Crippen LogP contribution in [0.4, 0.5) is 0 Å². The lowest BCUT2D eigenvalue weighted by molar-refractivity contribution is -0.182. The summed E-state index contributed by atoms with van der Waals surface area (Å²) >= 11 is 0. The fourth-order valence-electron chi connectivity index (χ4n) is 8.39. The van der Waals surface area contributed by atoms with E-state index in [-0.39, 0.29) is 36.9 Å². The monoisotopic (exact) mass is 806 g/mol. The zero-order valence-corrected chi connectivity index (χ0v) is 38.5. The zero-order chi connectivity index (χ0) is 41.7. The Morgan fingerprint density at radius 2 is 1.04 bits per heavy atom. The number of hydrogen-bond donors (Lipinski definition) is 2. The summed E-state index contributed by atoms with van der Waals surface area (Å²) in [6.45, 7) is 11.8. The lowest BCUT2D eigenvalue weighted by Crippen LogP contribution is -2.72. The van der Waals surface area contributed by atoms with Crippen LogP contribution in [0.5, 0.6) is 0 Å². The van der Waals surface area contributed by atoms with E-state index in [1.807, 2.05) is 11.9 Å². The van der Waals surface area contributed by atoms with Crippen molar-refractivity contribution in [3.05, 3.63) is 0 Å². The van der Waals surface area contributed by atoms with Crippen LogP contribution in [-0.2, 0) is 23.9 Å². The van der Waals surface area contributed by atoms with Crippen LogP contribution in [0.3, 0.4) is 0 Å². The molecule has 336 valence electrons. The van der Waals surface area contributed by atoms with Crippen molar-refractivity contribution < 1.29 is 23.9 Å². The van der Waals surface area contributed by atoms with E-state index in [0.717, 1.165) is 57.9 Å². The Hall–Kier alpha value is -1.67. The van der Waals surface area contributed by atoms with E-state index in [4.69, 9.17) is 9.47 Å². The Labute approximate surface area is 353 Å². The number of carbonyl (C=O) groups is 3. The molecule has 1 aliphatic rings. The summed E-state index contributed by atoms with van der Waals surface area (Å²) in [4.78, 5) is 43.1. The molecule has 0 spiro atoms. The van der Waals surface area contributed by atoms with Crippen LogP contribution in [0.1, 0.15) is 233 Å². The highest BCUT2D eigenvalue weighted by Crippen LogP contribution is 2.31. The Kier molecular flexibility index (Phi) is 34.9. The van der Waals surface area contributed by atoms with E-state index in [1.54, 1.807) is 0 Å². The topological polar surface area (TPSA) is 97.0 Å². The third-order valence-electron chi connectivity index (χ3n) is 12.4. The van der Waals surface area contributed by atoms with Crippen LogP contribution in [0.2, 0.25) is 0 Å². The molecular weight excluding hydrogens is 711 g/mol. The van der Waals surface area contributed by atoms with Gasteiger partial charge in [0.15, 0.2) is 5.54 Å². The Balaban J connectivity index is 2.68. The van der Waals surface area contributed by atoms with Gasteiger partial charge < -0.3 is 25.0 Å². The van der Waals surface area contributed by atoms with Crippen molar-refractivity contribution in [3.63, 3.8) is 0 Å². The van der Waals surface area contributed by atoms with Gasteiger partial charge in [-0.25, -0.2) is 0 Å². The molecule has 8 nitrogen and oxygen atoms in total. The number of rotatable bonds is 42. The summed E-state index contributed by atoms with van der Waals surface area (Å²) in [7, 11) is 1.93. The first-order valence-electron chi connectivity index (χ1n) is 24.9. The quantitative estimate of drug-likeness (QED) is 0.0471.